The average Bonchev–Trinajstić information content (AvgIpc) is 3.23. The van der Waals surface area contributed by atoms with E-state index in [1.165, 1.54) is 12.1 Å². The minimum absolute atomic E-state index is 0.178. The highest BCUT2D eigenvalue weighted by Gasteiger charge is 2.22. The summed E-state index contributed by atoms with van der Waals surface area (Å²) in [6.45, 7) is 5.03. The topological polar surface area (TPSA) is 57.5 Å². The monoisotopic (exact) mass is 409 g/mol. The Labute approximate surface area is 168 Å². The van der Waals surface area contributed by atoms with Crippen molar-refractivity contribution in [3.63, 3.8) is 0 Å². The number of Topliss-reactive ketones (excluding diaryl/α,β-unsaturated/α-hetero) is 1. The lowest BCUT2D eigenvalue weighted by Gasteiger charge is -2.14. The zero-order chi connectivity index (χ0) is 19.6. The van der Waals surface area contributed by atoms with Crippen molar-refractivity contribution in [2.75, 3.05) is 13.2 Å². The molecule has 0 bridgehead atoms. The number of ketones is 1. The van der Waals surface area contributed by atoms with Crippen LogP contribution in [0.4, 0.5) is 0 Å². The van der Waals surface area contributed by atoms with Crippen LogP contribution >= 0.6 is 23.2 Å². The zero-order valence-corrected chi connectivity index (χ0v) is 16.8. The number of halogens is 2. The first-order valence-electron chi connectivity index (χ1n) is 8.80. The van der Waals surface area contributed by atoms with Gasteiger partial charge in [-0.25, -0.2) is 4.79 Å². The highest BCUT2D eigenvalue weighted by molar-refractivity contribution is 6.36. The molecule has 1 atom stereocenters. The van der Waals surface area contributed by atoms with Gasteiger partial charge in [0.2, 0.25) is 5.78 Å². The van der Waals surface area contributed by atoms with E-state index in [4.69, 9.17) is 32.7 Å². The molecule has 1 saturated heterocycles. The summed E-state index contributed by atoms with van der Waals surface area (Å²) < 4.78 is 12.9. The van der Waals surface area contributed by atoms with Crippen LogP contribution in [-0.2, 0) is 16.0 Å². The molecule has 27 heavy (non-hydrogen) atoms. The van der Waals surface area contributed by atoms with Crippen molar-refractivity contribution in [1.82, 2.24) is 4.57 Å². The number of benzene rings is 1. The van der Waals surface area contributed by atoms with Gasteiger partial charge in [0.05, 0.1) is 16.7 Å². The Balaban J connectivity index is 1.66. The van der Waals surface area contributed by atoms with Gasteiger partial charge in [0.1, 0.15) is 0 Å². The predicted molar refractivity (Wildman–Crippen MR) is 104 cm³/mol. The Morgan fingerprint density at radius 3 is 2.67 bits per heavy atom. The molecule has 7 heteroatoms. The van der Waals surface area contributed by atoms with Crippen LogP contribution in [-0.4, -0.2) is 35.6 Å². The third-order valence-electron chi connectivity index (χ3n) is 4.77. The number of esters is 1. The lowest BCUT2D eigenvalue weighted by molar-refractivity contribution is 0.0474. The molecule has 0 spiro atoms. The summed E-state index contributed by atoms with van der Waals surface area (Å²) in [4.78, 5) is 24.7. The normalized spacial score (nSPS) is 16.5. The van der Waals surface area contributed by atoms with Crippen LogP contribution in [0.1, 0.15) is 44.9 Å². The molecule has 5 nitrogen and oxygen atoms in total. The molecular formula is C20H21Cl2NO4. The van der Waals surface area contributed by atoms with Crippen molar-refractivity contribution < 1.29 is 19.1 Å². The van der Waals surface area contributed by atoms with E-state index >= 15 is 0 Å². The third-order valence-corrected chi connectivity index (χ3v) is 5.32. The molecule has 0 aliphatic carbocycles. The maximum atomic E-state index is 12.6. The van der Waals surface area contributed by atoms with Gasteiger partial charge in [0, 0.05) is 35.1 Å². The lowest BCUT2D eigenvalue weighted by Crippen LogP contribution is -2.18. The van der Waals surface area contributed by atoms with Gasteiger partial charge in [0.15, 0.2) is 6.61 Å². The lowest BCUT2D eigenvalue weighted by atomic mass is 10.1. The van der Waals surface area contributed by atoms with E-state index in [0.29, 0.717) is 10.6 Å². The summed E-state index contributed by atoms with van der Waals surface area (Å²) in [6.07, 6.45) is 2.28. The van der Waals surface area contributed by atoms with E-state index < -0.39 is 5.97 Å². The molecule has 1 aromatic carbocycles. The summed E-state index contributed by atoms with van der Waals surface area (Å²) >= 11 is 11.8. The van der Waals surface area contributed by atoms with Gasteiger partial charge in [-0.3, -0.25) is 4.79 Å². The van der Waals surface area contributed by atoms with Crippen LogP contribution in [0.15, 0.2) is 24.3 Å². The number of ether oxygens (including phenoxy) is 2. The van der Waals surface area contributed by atoms with Crippen molar-refractivity contribution in [2.24, 2.45) is 0 Å². The molecule has 0 saturated carbocycles. The van der Waals surface area contributed by atoms with Crippen molar-refractivity contribution in [1.29, 1.82) is 0 Å². The van der Waals surface area contributed by atoms with Crippen molar-refractivity contribution in [2.45, 2.75) is 39.3 Å². The van der Waals surface area contributed by atoms with Crippen molar-refractivity contribution in [3.05, 3.63) is 56.8 Å². The van der Waals surface area contributed by atoms with Gasteiger partial charge in [-0.05, 0) is 51.0 Å². The van der Waals surface area contributed by atoms with Crippen LogP contribution in [0.5, 0.6) is 0 Å². The Morgan fingerprint density at radius 2 is 2.00 bits per heavy atom. The van der Waals surface area contributed by atoms with E-state index in [9.17, 15) is 9.59 Å². The maximum absolute atomic E-state index is 12.6. The van der Waals surface area contributed by atoms with E-state index in [1.54, 1.807) is 6.07 Å². The van der Waals surface area contributed by atoms with E-state index in [-0.39, 0.29) is 29.1 Å². The highest BCUT2D eigenvalue weighted by atomic mass is 35.5. The average molecular weight is 410 g/mol. The summed E-state index contributed by atoms with van der Waals surface area (Å²) in [7, 11) is 0. The van der Waals surface area contributed by atoms with E-state index in [2.05, 4.69) is 4.57 Å². The number of rotatable bonds is 6. The van der Waals surface area contributed by atoms with E-state index in [1.807, 2.05) is 19.9 Å². The maximum Gasteiger partial charge on any atom is 0.340 e. The standard InChI is InChI=1S/C20H21Cl2NO4/c1-12-8-17(13(2)23(12)10-15-4-3-7-26-15)19(24)11-27-20(25)16-6-5-14(21)9-18(16)22/h5-6,8-9,15H,3-4,7,10-11H2,1-2H3/t15-/m0/s1. The van der Waals surface area contributed by atoms with Crippen LogP contribution in [0.3, 0.4) is 0 Å². The zero-order valence-electron chi connectivity index (χ0n) is 15.3. The van der Waals surface area contributed by atoms with Crippen LogP contribution < -0.4 is 0 Å². The smallest absolute Gasteiger partial charge is 0.340 e. The molecule has 1 fully saturated rings. The fraction of sp³-hybridized carbons (Fsp3) is 0.400. The number of carbonyl (C=O) groups is 2. The first kappa shape index (κ1) is 19.9. The summed E-state index contributed by atoms with van der Waals surface area (Å²) in [5.74, 6) is -0.904. The van der Waals surface area contributed by atoms with Crippen LogP contribution in [0.2, 0.25) is 10.0 Å². The van der Waals surface area contributed by atoms with Gasteiger partial charge in [-0.15, -0.1) is 0 Å². The van der Waals surface area contributed by atoms with Crippen LogP contribution in [0, 0.1) is 13.8 Å². The predicted octanol–water partition coefficient (Wildman–Crippen LogP) is 4.63. The molecule has 3 rings (SSSR count). The first-order chi connectivity index (χ1) is 12.9. The molecule has 0 amide bonds. The quantitative estimate of drug-likeness (QED) is 0.515. The van der Waals surface area contributed by atoms with Crippen molar-refractivity contribution >= 4 is 35.0 Å². The second-order valence-electron chi connectivity index (χ2n) is 6.65. The van der Waals surface area contributed by atoms with Gasteiger partial charge in [-0.1, -0.05) is 23.2 Å². The first-order valence-corrected chi connectivity index (χ1v) is 9.56. The van der Waals surface area contributed by atoms with Gasteiger partial charge < -0.3 is 14.0 Å². The fourth-order valence-corrected chi connectivity index (χ4v) is 3.78. The van der Waals surface area contributed by atoms with Crippen LogP contribution in [0.25, 0.3) is 0 Å². The third kappa shape index (κ3) is 4.54. The Bertz CT molecular complexity index is 869. The Hall–Kier alpha value is -1.82. The molecule has 0 N–H and O–H groups in total. The molecule has 0 radical (unpaired) electrons. The molecular weight excluding hydrogens is 389 g/mol. The second-order valence-corrected chi connectivity index (χ2v) is 7.50. The summed E-state index contributed by atoms with van der Waals surface area (Å²) in [5, 5.41) is 0.612. The molecule has 1 aliphatic heterocycles. The SMILES string of the molecule is Cc1cc(C(=O)COC(=O)c2ccc(Cl)cc2Cl)c(C)n1C[C@@H]1CCCO1. The van der Waals surface area contributed by atoms with Gasteiger partial charge >= 0.3 is 5.97 Å². The fourth-order valence-electron chi connectivity index (χ4n) is 3.30. The largest absolute Gasteiger partial charge is 0.454 e. The number of aryl methyl sites for hydroxylation is 1. The highest BCUT2D eigenvalue weighted by Crippen LogP contribution is 2.23. The minimum atomic E-state index is -0.654. The molecule has 144 valence electrons. The number of hydrogen-bond acceptors (Lipinski definition) is 4. The summed E-state index contributed by atoms with van der Waals surface area (Å²) in [6, 6.07) is 6.31. The molecule has 1 aliphatic rings. The molecule has 2 heterocycles. The molecule has 2 aromatic rings. The Kier molecular flexibility index (Phi) is 6.25. The number of nitrogens with zero attached hydrogens (tertiary/aromatic N) is 1. The Morgan fingerprint density at radius 1 is 1.22 bits per heavy atom. The van der Waals surface area contributed by atoms with E-state index in [0.717, 1.165) is 37.4 Å². The number of hydrogen-bond donors (Lipinski definition) is 0. The van der Waals surface area contributed by atoms with Gasteiger partial charge in [0.25, 0.3) is 0 Å². The minimum Gasteiger partial charge on any atom is -0.454 e. The summed E-state index contributed by atoms with van der Waals surface area (Å²) in [5.41, 5.74) is 2.57. The molecule has 0 unspecified atom stereocenters. The van der Waals surface area contributed by atoms with Crippen molar-refractivity contribution in [3.8, 4) is 0 Å². The number of carbonyl (C=O) groups excluding carboxylic acids is 2. The molecule has 1 aromatic heterocycles. The second kappa shape index (κ2) is 8.46. The number of aromatic nitrogens is 1. The van der Waals surface area contributed by atoms with Gasteiger partial charge in [-0.2, -0.15) is 0 Å².